The van der Waals surface area contributed by atoms with E-state index in [1.807, 2.05) is 20.8 Å². The molecule has 2 aromatic rings. The average Bonchev–Trinajstić information content (AvgIpc) is 3.59. The van der Waals surface area contributed by atoms with Crippen LogP contribution in [-0.2, 0) is 31.5 Å². The second kappa shape index (κ2) is 11.3. The van der Waals surface area contributed by atoms with Crippen LogP contribution in [0.1, 0.15) is 73.7 Å². The van der Waals surface area contributed by atoms with Gasteiger partial charge in [-0.05, 0) is 71.1 Å². The highest BCUT2D eigenvalue weighted by Gasteiger charge is 2.52. The predicted molar refractivity (Wildman–Crippen MR) is 146 cm³/mol. The Morgan fingerprint density at radius 3 is 2.71 bits per heavy atom. The second-order valence-electron chi connectivity index (χ2n) is 11.0. The Morgan fingerprint density at radius 2 is 2.11 bits per heavy atom. The third-order valence-corrected chi connectivity index (χ3v) is 10.3. The topological polar surface area (TPSA) is 85.8 Å². The Kier molecular flexibility index (Phi) is 8.67. The second-order valence-corrected chi connectivity index (χ2v) is 14.8. The van der Waals surface area contributed by atoms with Gasteiger partial charge in [0.25, 0.3) is 5.91 Å². The molecule has 2 fully saturated rings. The first-order chi connectivity index (χ1) is 17.8. The number of thiazole rings is 1. The smallest absolute Gasteiger partial charge is 0.349 e. The highest BCUT2D eigenvalue weighted by molar-refractivity contribution is 7.86. The first-order valence-corrected chi connectivity index (χ1v) is 15.3. The highest BCUT2D eigenvalue weighted by Crippen LogP contribution is 2.44. The molecule has 1 saturated heterocycles. The molecular formula is C27H34ClFN2O5S2. The van der Waals surface area contributed by atoms with Gasteiger partial charge in [-0.2, -0.15) is 0 Å². The number of morpholine rings is 1. The van der Waals surface area contributed by atoms with E-state index >= 15 is 0 Å². The number of benzene rings is 1. The molecule has 1 aromatic carbocycles. The molecule has 1 aromatic heterocycles. The number of hydrogen-bond donors (Lipinski definition) is 0. The minimum absolute atomic E-state index is 0.00180. The minimum atomic E-state index is -1.26. The lowest BCUT2D eigenvalue weighted by molar-refractivity contribution is -0.182. The summed E-state index contributed by atoms with van der Waals surface area (Å²) in [5, 5.41) is 0.572. The van der Waals surface area contributed by atoms with Gasteiger partial charge >= 0.3 is 5.97 Å². The molecule has 0 bridgehead atoms. The quantitative estimate of drug-likeness (QED) is 0.370. The summed E-state index contributed by atoms with van der Waals surface area (Å²) in [6.45, 7) is 9.61. The van der Waals surface area contributed by atoms with Crippen LogP contribution in [0.25, 0.3) is 0 Å². The SMILES string of the molecule is CCOC(=O)c1cnc(C[C@@]2(C)OC[C@@H](c3ccc(Cl)c(F)c3)N(C(CS(=O)C(C)(C)C)C3CC3)C2=O)s1. The first-order valence-electron chi connectivity index (χ1n) is 12.8. The van der Waals surface area contributed by atoms with Crippen molar-refractivity contribution in [3.8, 4) is 0 Å². The number of nitrogens with zero attached hydrogens (tertiary/aromatic N) is 2. The van der Waals surface area contributed by atoms with Crippen LogP contribution in [0.15, 0.2) is 24.4 Å². The lowest BCUT2D eigenvalue weighted by Crippen LogP contribution is -2.61. The van der Waals surface area contributed by atoms with Crippen molar-refractivity contribution < 1.29 is 27.7 Å². The van der Waals surface area contributed by atoms with Gasteiger partial charge in [0.05, 0.1) is 35.5 Å². The monoisotopic (exact) mass is 584 g/mol. The Hall–Kier alpha value is -1.88. The number of carbonyl (C=O) groups is 2. The van der Waals surface area contributed by atoms with Gasteiger partial charge in [0.1, 0.15) is 10.7 Å². The Morgan fingerprint density at radius 1 is 1.39 bits per heavy atom. The predicted octanol–water partition coefficient (Wildman–Crippen LogP) is 5.34. The minimum Gasteiger partial charge on any atom is -0.462 e. The maximum atomic E-state index is 14.5. The summed E-state index contributed by atoms with van der Waals surface area (Å²) in [7, 11) is -1.20. The van der Waals surface area contributed by atoms with Gasteiger partial charge in [0, 0.05) is 33.8 Å². The molecule has 1 aliphatic carbocycles. The van der Waals surface area contributed by atoms with E-state index in [0.717, 1.165) is 12.8 Å². The van der Waals surface area contributed by atoms with Crippen LogP contribution in [0.4, 0.5) is 4.39 Å². The van der Waals surface area contributed by atoms with E-state index in [0.29, 0.717) is 21.2 Å². The van der Waals surface area contributed by atoms with Crippen molar-refractivity contribution in [2.45, 2.75) is 76.3 Å². The summed E-state index contributed by atoms with van der Waals surface area (Å²) in [5.41, 5.74) is -0.685. The van der Waals surface area contributed by atoms with Crippen molar-refractivity contribution in [3.05, 3.63) is 50.7 Å². The summed E-state index contributed by atoms with van der Waals surface area (Å²) in [6.07, 6.45) is 3.48. The van der Waals surface area contributed by atoms with Gasteiger partial charge in [0.2, 0.25) is 0 Å². The normalized spacial score (nSPS) is 23.8. The molecule has 0 radical (unpaired) electrons. The summed E-state index contributed by atoms with van der Waals surface area (Å²) in [4.78, 5) is 32.9. The Labute approximate surface area is 234 Å². The lowest BCUT2D eigenvalue weighted by Gasteiger charge is -2.48. The molecule has 1 saturated carbocycles. The molecule has 7 nitrogen and oxygen atoms in total. The Bertz CT molecular complexity index is 1230. The molecule has 0 N–H and O–H groups in total. The van der Waals surface area contributed by atoms with E-state index in [2.05, 4.69) is 4.98 Å². The largest absolute Gasteiger partial charge is 0.462 e. The van der Waals surface area contributed by atoms with Crippen molar-refractivity contribution in [2.75, 3.05) is 19.0 Å². The van der Waals surface area contributed by atoms with Crippen molar-refractivity contribution in [1.82, 2.24) is 9.88 Å². The maximum absolute atomic E-state index is 14.5. The van der Waals surface area contributed by atoms with Crippen LogP contribution in [0.5, 0.6) is 0 Å². The molecule has 0 spiro atoms. The van der Waals surface area contributed by atoms with Gasteiger partial charge in [-0.3, -0.25) is 9.00 Å². The molecule has 11 heteroatoms. The van der Waals surface area contributed by atoms with E-state index < -0.39 is 39.0 Å². The fourth-order valence-corrected chi connectivity index (χ4v) is 6.93. The lowest BCUT2D eigenvalue weighted by atomic mass is 9.92. The Balaban J connectivity index is 1.68. The zero-order valence-corrected chi connectivity index (χ0v) is 24.7. The van der Waals surface area contributed by atoms with Crippen LogP contribution >= 0.6 is 22.9 Å². The first kappa shape index (κ1) is 29.1. The average molecular weight is 585 g/mol. The molecule has 38 heavy (non-hydrogen) atoms. The molecule has 2 unspecified atom stereocenters. The van der Waals surface area contributed by atoms with E-state index in [-0.39, 0.29) is 42.5 Å². The number of hydrogen-bond acceptors (Lipinski definition) is 7. The van der Waals surface area contributed by atoms with E-state index in [1.165, 1.54) is 29.7 Å². The molecule has 1 amide bonds. The number of esters is 1. The van der Waals surface area contributed by atoms with Crippen molar-refractivity contribution in [1.29, 1.82) is 0 Å². The van der Waals surface area contributed by atoms with E-state index in [9.17, 15) is 18.2 Å². The number of ether oxygens (including phenoxy) is 2. The molecule has 2 aliphatic rings. The standard InChI is InChI=1S/C27H34ClFN2O5S2/c1-6-35-24(32)22-13-30-23(37-22)12-27(5)25(33)31(21(16-7-8-16)15-38(34)26(2,3)4)20(14-36-27)17-9-10-18(28)19(29)11-17/h9-11,13,16,20-21H,6-8,12,14-15H2,1-5H3/t20-,21?,27+,38?/m0/s1. The summed E-state index contributed by atoms with van der Waals surface area (Å²) >= 11 is 7.11. The summed E-state index contributed by atoms with van der Waals surface area (Å²) in [5.74, 6) is -0.753. The van der Waals surface area contributed by atoms with Gasteiger partial charge in [-0.15, -0.1) is 11.3 Å². The summed E-state index contributed by atoms with van der Waals surface area (Å²) in [6, 6.07) is 3.68. The third kappa shape index (κ3) is 6.29. The third-order valence-electron chi connectivity index (χ3n) is 6.96. The van der Waals surface area contributed by atoms with Gasteiger partial charge < -0.3 is 14.4 Å². The molecule has 4 atom stereocenters. The van der Waals surface area contributed by atoms with Crippen LogP contribution in [0.3, 0.4) is 0 Å². The number of halogens is 2. The van der Waals surface area contributed by atoms with Crippen molar-refractivity contribution in [2.24, 2.45) is 5.92 Å². The van der Waals surface area contributed by atoms with Crippen LogP contribution in [0, 0.1) is 11.7 Å². The maximum Gasteiger partial charge on any atom is 0.349 e. The van der Waals surface area contributed by atoms with E-state index in [4.69, 9.17) is 21.1 Å². The van der Waals surface area contributed by atoms with Crippen LogP contribution in [0.2, 0.25) is 5.02 Å². The molecular weight excluding hydrogens is 551 g/mol. The van der Waals surface area contributed by atoms with E-state index in [1.54, 1.807) is 24.8 Å². The molecule has 2 heterocycles. The fraction of sp³-hybridized carbons (Fsp3) is 0.593. The van der Waals surface area contributed by atoms with Crippen LogP contribution < -0.4 is 0 Å². The van der Waals surface area contributed by atoms with Gasteiger partial charge in [-0.1, -0.05) is 17.7 Å². The van der Waals surface area contributed by atoms with Crippen LogP contribution in [-0.4, -0.2) is 61.3 Å². The van der Waals surface area contributed by atoms with Crippen molar-refractivity contribution >= 4 is 45.6 Å². The number of amides is 1. The molecule has 208 valence electrons. The molecule has 4 rings (SSSR count). The molecule has 1 aliphatic heterocycles. The fourth-order valence-electron chi connectivity index (χ4n) is 4.61. The number of rotatable bonds is 9. The number of aromatic nitrogens is 1. The van der Waals surface area contributed by atoms with Gasteiger partial charge in [0.15, 0.2) is 5.60 Å². The highest BCUT2D eigenvalue weighted by atomic mass is 35.5. The van der Waals surface area contributed by atoms with Gasteiger partial charge in [-0.25, -0.2) is 14.2 Å². The zero-order chi connectivity index (χ0) is 27.8. The van der Waals surface area contributed by atoms with Crippen molar-refractivity contribution in [3.63, 3.8) is 0 Å². The zero-order valence-electron chi connectivity index (χ0n) is 22.3. The number of carbonyl (C=O) groups excluding carboxylic acids is 2. The summed E-state index contributed by atoms with van der Waals surface area (Å²) < 4.78 is 38.6.